The summed E-state index contributed by atoms with van der Waals surface area (Å²) in [5, 5.41) is 10.5. The van der Waals surface area contributed by atoms with Gasteiger partial charge in [-0.3, -0.25) is 4.79 Å². The fourth-order valence-corrected chi connectivity index (χ4v) is 6.17. The van der Waals surface area contributed by atoms with Crippen molar-refractivity contribution in [3.63, 3.8) is 0 Å². The number of phenolic OH excluding ortho intramolecular Hbond substituents is 1. The largest absolute Gasteiger partial charge is 0.508 e. The molecule has 0 unspecified atom stereocenters. The highest BCUT2D eigenvalue weighted by Gasteiger charge is 2.65. The summed E-state index contributed by atoms with van der Waals surface area (Å²) < 4.78 is 0. The lowest BCUT2D eigenvalue weighted by Crippen LogP contribution is -2.66. The normalized spacial score (nSPS) is 34.3. The van der Waals surface area contributed by atoms with Crippen molar-refractivity contribution in [2.75, 3.05) is 13.6 Å². The van der Waals surface area contributed by atoms with Crippen LogP contribution in [0.5, 0.6) is 5.75 Å². The second-order valence-electron chi connectivity index (χ2n) is 8.32. The molecule has 3 atom stereocenters. The van der Waals surface area contributed by atoms with Gasteiger partial charge in [-0.1, -0.05) is 26.8 Å². The molecular weight excluding hydrogens is 286 g/mol. The van der Waals surface area contributed by atoms with Crippen LogP contribution in [-0.4, -0.2) is 35.4 Å². The minimum absolute atomic E-state index is 0.0287. The fraction of sp³-hybridized carbons (Fsp3) is 0.650. The van der Waals surface area contributed by atoms with Crippen molar-refractivity contribution in [2.24, 2.45) is 11.3 Å². The Bertz CT molecular complexity index is 693. The molecule has 124 valence electrons. The Balaban J connectivity index is 2.03. The first-order chi connectivity index (χ1) is 10.8. The number of likely N-dealkylation sites (N-methyl/N-ethyl adjacent to an activating group) is 1. The Kier molecular flexibility index (Phi) is 3.04. The number of aromatic hydroxyl groups is 1. The Morgan fingerprint density at radius 2 is 2.09 bits per heavy atom. The van der Waals surface area contributed by atoms with E-state index in [0.717, 1.165) is 31.4 Å². The van der Waals surface area contributed by atoms with Crippen LogP contribution in [0.25, 0.3) is 0 Å². The predicted octanol–water partition coefficient (Wildman–Crippen LogP) is 3.07. The van der Waals surface area contributed by atoms with E-state index in [1.165, 1.54) is 11.1 Å². The summed E-state index contributed by atoms with van der Waals surface area (Å²) in [7, 11) is 2.22. The van der Waals surface area contributed by atoms with Crippen LogP contribution in [0.2, 0.25) is 0 Å². The van der Waals surface area contributed by atoms with E-state index in [4.69, 9.17) is 0 Å². The zero-order chi connectivity index (χ0) is 16.6. The van der Waals surface area contributed by atoms with Gasteiger partial charge in [0, 0.05) is 23.8 Å². The number of rotatable bonds is 2. The molecule has 1 saturated heterocycles. The lowest BCUT2D eigenvalue weighted by molar-refractivity contribution is -0.131. The highest BCUT2D eigenvalue weighted by molar-refractivity contribution is 5.85. The summed E-state index contributed by atoms with van der Waals surface area (Å²) >= 11 is 0. The molecular formula is C20H27NO2. The van der Waals surface area contributed by atoms with Gasteiger partial charge in [0.2, 0.25) is 0 Å². The summed E-state index contributed by atoms with van der Waals surface area (Å²) in [6.07, 6.45) is 3.36. The Labute approximate surface area is 138 Å². The monoisotopic (exact) mass is 313 g/mol. The number of carbonyl (C=O) groups excluding carboxylic acids is 1. The van der Waals surface area contributed by atoms with Crippen LogP contribution < -0.4 is 0 Å². The number of benzene rings is 1. The van der Waals surface area contributed by atoms with Crippen LogP contribution in [0.1, 0.15) is 50.3 Å². The van der Waals surface area contributed by atoms with Gasteiger partial charge in [-0.05, 0) is 61.0 Å². The third-order valence-electron chi connectivity index (χ3n) is 7.35. The second-order valence-corrected chi connectivity index (χ2v) is 8.32. The smallest absolute Gasteiger partial charge is 0.136 e. The third-order valence-corrected chi connectivity index (χ3v) is 7.35. The molecule has 2 aliphatic carbocycles. The van der Waals surface area contributed by atoms with Crippen molar-refractivity contribution in [3.05, 3.63) is 28.8 Å². The van der Waals surface area contributed by atoms with Crippen molar-refractivity contribution in [1.82, 2.24) is 4.90 Å². The molecule has 1 fully saturated rings. The number of fused-ring (bicyclic) bond motifs is 1. The number of likely N-dealkylation sites (tertiary alicyclic amines) is 1. The predicted molar refractivity (Wildman–Crippen MR) is 90.8 cm³/mol. The maximum Gasteiger partial charge on any atom is 0.136 e. The molecule has 0 saturated carbocycles. The number of phenols is 1. The molecule has 0 aromatic heterocycles. The van der Waals surface area contributed by atoms with Gasteiger partial charge in [0.15, 0.2) is 0 Å². The molecule has 1 aliphatic heterocycles. The minimum atomic E-state index is -0.0983. The van der Waals surface area contributed by atoms with E-state index in [2.05, 4.69) is 31.9 Å². The van der Waals surface area contributed by atoms with Gasteiger partial charge in [-0.15, -0.1) is 0 Å². The van der Waals surface area contributed by atoms with E-state index < -0.39 is 0 Å². The van der Waals surface area contributed by atoms with Gasteiger partial charge >= 0.3 is 0 Å². The van der Waals surface area contributed by atoms with E-state index in [1.807, 2.05) is 13.0 Å². The van der Waals surface area contributed by atoms with Gasteiger partial charge < -0.3 is 10.0 Å². The highest BCUT2D eigenvalue weighted by atomic mass is 16.3. The molecule has 1 spiro atoms. The SMILES string of the molecule is CCC(=O)[C@@H]1Cc2c(O)ccc3c2[C@@]12CCN(C)[C@H](C3)C2(C)C. The maximum absolute atomic E-state index is 12.9. The van der Waals surface area contributed by atoms with Crippen LogP contribution in [0.15, 0.2) is 12.1 Å². The lowest BCUT2D eigenvalue weighted by Gasteiger charge is -2.62. The highest BCUT2D eigenvalue weighted by Crippen LogP contribution is 2.65. The molecule has 3 aliphatic rings. The summed E-state index contributed by atoms with van der Waals surface area (Å²) in [5.41, 5.74) is 3.70. The van der Waals surface area contributed by atoms with Crippen molar-refractivity contribution >= 4 is 5.78 Å². The third kappa shape index (κ3) is 1.62. The van der Waals surface area contributed by atoms with Gasteiger partial charge in [0.1, 0.15) is 11.5 Å². The first-order valence-corrected chi connectivity index (χ1v) is 8.91. The van der Waals surface area contributed by atoms with Gasteiger partial charge in [-0.25, -0.2) is 0 Å². The number of piperidine rings is 1. The van der Waals surface area contributed by atoms with Crippen LogP contribution in [0.3, 0.4) is 0 Å². The van der Waals surface area contributed by atoms with Crippen LogP contribution >= 0.6 is 0 Å². The zero-order valence-electron chi connectivity index (χ0n) is 14.6. The van der Waals surface area contributed by atoms with Gasteiger partial charge in [-0.2, -0.15) is 0 Å². The minimum Gasteiger partial charge on any atom is -0.508 e. The molecule has 1 heterocycles. The quantitative estimate of drug-likeness (QED) is 0.912. The fourth-order valence-electron chi connectivity index (χ4n) is 6.17. The van der Waals surface area contributed by atoms with Gasteiger partial charge in [0.05, 0.1) is 0 Å². The number of hydrogen-bond acceptors (Lipinski definition) is 3. The standard InChI is InChI=1S/C20H27NO2/c1-5-15(22)14-11-13-16(23)7-6-12-10-17-19(2,3)20(14,18(12)13)8-9-21(17)4/h6-7,14,17,23H,5,8-11H2,1-4H3/t14-,17+,20+/m0/s1. The van der Waals surface area contributed by atoms with Crippen LogP contribution in [0.4, 0.5) is 0 Å². The molecule has 1 aromatic carbocycles. The topological polar surface area (TPSA) is 40.5 Å². The second kappa shape index (κ2) is 4.60. The Morgan fingerprint density at radius 1 is 1.35 bits per heavy atom. The van der Waals surface area contributed by atoms with E-state index in [9.17, 15) is 9.90 Å². The molecule has 0 radical (unpaired) electrons. The zero-order valence-corrected chi connectivity index (χ0v) is 14.6. The average Bonchev–Trinajstić information content (AvgIpc) is 2.86. The van der Waals surface area contributed by atoms with Crippen molar-refractivity contribution in [1.29, 1.82) is 0 Å². The van der Waals surface area contributed by atoms with E-state index in [-0.39, 0.29) is 16.7 Å². The van der Waals surface area contributed by atoms with E-state index >= 15 is 0 Å². The molecule has 0 amide bonds. The van der Waals surface area contributed by atoms with Crippen molar-refractivity contribution in [3.8, 4) is 5.75 Å². The maximum atomic E-state index is 12.9. The number of carbonyl (C=O) groups is 1. The molecule has 3 heteroatoms. The number of hydrogen-bond donors (Lipinski definition) is 1. The Morgan fingerprint density at radius 3 is 2.78 bits per heavy atom. The molecule has 2 bridgehead atoms. The van der Waals surface area contributed by atoms with Crippen LogP contribution in [0, 0.1) is 11.3 Å². The first-order valence-electron chi connectivity index (χ1n) is 8.91. The number of nitrogens with zero attached hydrogens (tertiary/aromatic N) is 1. The summed E-state index contributed by atoms with van der Waals surface area (Å²) in [6, 6.07) is 4.41. The number of Topliss-reactive ketones (excluding diaryl/α,β-unsaturated/α-hetero) is 1. The molecule has 1 aromatic rings. The van der Waals surface area contributed by atoms with E-state index in [1.54, 1.807) is 0 Å². The summed E-state index contributed by atoms with van der Waals surface area (Å²) in [5.74, 6) is 0.786. The van der Waals surface area contributed by atoms with Crippen molar-refractivity contribution < 1.29 is 9.90 Å². The average molecular weight is 313 g/mol. The Hall–Kier alpha value is -1.35. The first kappa shape index (κ1) is 15.2. The lowest BCUT2D eigenvalue weighted by atomic mass is 9.47. The summed E-state index contributed by atoms with van der Waals surface area (Å²) in [6.45, 7) is 7.72. The van der Waals surface area contributed by atoms with E-state index in [0.29, 0.717) is 24.0 Å². The molecule has 23 heavy (non-hydrogen) atoms. The van der Waals surface area contributed by atoms with Gasteiger partial charge in [0.25, 0.3) is 0 Å². The molecule has 4 rings (SSSR count). The van der Waals surface area contributed by atoms with Crippen LogP contribution in [-0.2, 0) is 23.1 Å². The number of ketones is 1. The molecule has 1 N–H and O–H groups in total. The molecule has 3 nitrogen and oxygen atoms in total. The summed E-state index contributed by atoms with van der Waals surface area (Å²) in [4.78, 5) is 15.3. The van der Waals surface area contributed by atoms with Crippen molar-refractivity contribution in [2.45, 2.75) is 57.9 Å².